The third-order valence-electron chi connectivity index (χ3n) is 4.74. The molecule has 0 spiro atoms. The van der Waals surface area contributed by atoms with Gasteiger partial charge in [0, 0.05) is 24.0 Å². The summed E-state index contributed by atoms with van der Waals surface area (Å²) in [6, 6.07) is 19.4. The number of fused-ring (bicyclic) bond motifs is 1. The molecule has 1 amide bonds. The number of hydrogen-bond donors (Lipinski definition) is 0. The van der Waals surface area contributed by atoms with Gasteiger partial charge in [0.05, 0.1) is 26.6 Å². The first kappa shape index (κ1) is 21.6. The van der Waals surface area contributed by atoms with Gasteiger partial charge in [-0.3, -0.25) is 19.8 Å². The maximum absolute atomic E-state index is 13.4. The summed E-state index contributed by atoms with van der Waals surface area (Å²) < 4.78 is 24.4. The summed E-state index contributed by atoms with van der Waals surface area (Å²) in [7, 11) is -3.39. The maximum Gasteiger partial charge on any atom is 0.270 e. The molecule has 4 aromatic rings. The number of amides is 1. The van der Waals surface area contributed by atoms with Crippen LogP contribution in [0.15, 0.2) is 77.7 Å². The van der Waals surface area contributed by atoms with Gasteiger partial charge in [0.25, 0.3) is 11.6 Å². The highest BCUT2D eigenvalue weighted by molar-refractivity contribution is 7.90. The van der Waals surface area contributed by atoms with Crippen molar-refractivity contribution >= 4 is 48.1 Å². The maximum atomic E-state index is 13.4. The number of hydrogen-bond acceptors (Lipinski definition) is 7. The Hall–Kier alpha value is -3.63. The van der Waals surface area contributed by atoms with Crippen molar-refractivity contribution in [2.24, 2.45) is 0 Å². The smallest absolute Gasteiger partial charge is 0.270 e. The van der Waals surface area contributed by atoms with Crippen molar-refractivity contribution in [1.29, 1.82) is 0 Å². The Morgan fingerprint density at radius 2 is 1.81 bits per heavy atom. The first-order chi connectivity index (χ1) is 15.2. The minimum atomic E-state index is -3.39. The van der Waals surface area contributed by atoms with E-state index in [9.17, 15) is 23.3 Å². The molecule has 0 bridgehead atoms. The lowest BCUT2D eigenvalue weighted by atomic mass is 10.1. The van der Waals surface area contributed by atoms with E-state index in [1.54, 1.807) is 6.07 Å². The lowest BCUT2D eigenvalue weighted by molar-refractivity contribution is -0.384. The molecule has 8 nitrogen and oxygen atoms in total. The first-order valence-electron chi connectivity index (χ1n) is 9.43. The molecule has 0 unspecified atom stereocenters. The molecule has 1 heterocycles. The van der Waals surface area contributed by atoms with Crippen LogP contribution in [0.2, 0.25) is 0 Å². The summed E-state index contributed by atoms with van der Waals surface area (Å²) in [5, 5.41) is 11.5. The number of non-ortho nitro benzene ring substituents is 1. The van der Waals surface area contributed by atoms with Gasteiger partial charge in [-0.1, -0.05) is 47.7 Å². The van der Waals surface area contributed by atoms with Gasteiger partial charge in [-0.25, -0.2) is 13.4 Å². The summed E-state index contributed by atoms with van der Waals surface area (Å²) in [4.78, 5) is 30.1. The molecule has 0 aliphatic carbocycles. The molecule has 1 aromatic heterocycles. The monoisotopic (exact) mass is 467 g/mol. The molecule has 162 valence electrons. The molecule has 32 heavy (non-hydrogen) atoms. The quantitative estimate of drug-likeness (QED) is 0.306. The van der Waals surface area contributed by atoms with Gasteiger partial charge in [0.2, 0.25) is 0 Å². The van der Waals surface area contributed by atoms with E-state index >= 15 is 0 Å². The molecule has 0 aliphatic rings. The topological polar surface area (TPSA) is 110 Å². The lowest BCUT2D eigenvalue weighted by Crippen LogP contribution is -2.30. The van der Waals surface area contributed by atoms with Crippen LogP contribution in [0, 0.1) is 10.1 Å². The Labute approximate surface area is 187 Å². The average molecular weight is 468 g/mol. The number of aromatic nitrogens is 1. The Bertz CT molecular complexity index is 1430. The van der Waals surface area contributed by atoms with Gasteiger partial charge in [-0.15, -0.1) is 0 Å². The molecule has 0 fully saturated rings. The van der Waals surface area contributed by atoms with Crippen LogP contribution in [-0.2, 0) is 16.4 Å². The van der Waals surface area contributed by atoms with E-state index in [0.29, 0.717) is 15.3 Å². The number of carbonyl (C=O) groups is 1. The predicted molar refractivity (Wildman–Crippen MR) is 123 cm³/mol. The van der Waals surface area contributed by atoms with E-state index < -0.39 is 20.7 Å². The number of rotatable bonds is 6. The largest absolute Gasteiger partial charge is 0.279 e. The highest BCUT2D eigenvalue weighted by atomic mass is 32.2. The molecule has 0 atom stereocenters. The minimum Gasteiger partial charge on any atom is -0.279 e. The molecular formula is C22H17N3O5S2. The Morgan fingerprint density at radius 3 is 2.50 bits per heavy atom. The van der Waals surface area contributed by atoms with Crippen LogP contribution < -0.4 is 4.90 Å². The second kappa shape index (κ2) is 8.48. The summed E-state index contributed by atoms with van der Waals surface area (Å²) in [5.41, 5.74) is 1.38. The Balaban J connectivity index is 1.80. The second-order valence-corrected chi connectivity index (χ2v) is 10.1. The van der Waals surface area contributed by atoms with Crippen molar-refractivity contribution in [3.8, 4) is 0 Å². The molecule has 0 saturated heterocycles. The number of nitrogens with zero attached hydrogens (tertiary/aromatic N) is 3. The number of nitro groups is 1. The highest BCUT2D eigenvalue weighted by Crippen LogP contribution is 2.32. The third-order valence-corrected chi connectivity index (χ3v) is 6.89. The average Bonchev–Trinajstić information content (AvgIpc) is 3.20. The van der Waals surface area contributed by atoms with E-state index in [4.69, 9.17) is 0 Å². The van der Waals surface area contributed by atoms with Crippen molar-refractivity contribution in [1.82, 2.24) is 4.98 Å². The van der Waals surface area contributed by atoms with E-state index in [-0.39, 0.29) is 22.7 Å². The van der Waals surface area contributed by atoms with Crippen molar-refractivity contribution in [2.75, 3.05) is 11.2 Å². The standard InChI is InChI=1S/C22H17N3O5S2/c1-32(29,30)18-10-11-19-20(13-18)31-22(23-19)24(14-15-6-3-2-4-7-15)21(26)16-8-5-9-17(12-16)25(27)28/h2-13H,14H2,1H3. The molecule has 10 heteroatoms. The van der Waals surface area contributed by atoms with Gasteiger partial charge < -0.3 is 0 Å². The SMILES string of the molecule is CS(=O)(=O)c1ccc2nc(N(Cc3ccccc3)C(=O)c3cccc([N+](=O)[O-])c3)sc2c1. The molecule has 4 rings (SSSR count). The van der Waals surface area contributed by atoms with Gasteiger partial charge in [-0.05, 0) is 29.8 Å². The van der Waals surface area contributed by atoms with Crippen LogP contribution in [0.25, 0.3) is 10.2 Å². The fourth-order valence-corrected chi connectivity index (χ4v) is 4.86. The lowest BCUT2D eigenvalue weighted by Gasteiger charge is -2.20. The zero-order valence-electron chi connectivity index (χ0n) is 16.8. The van der Waals surface area contributed by atoms with E-state index in [0.717, 1.165) is 11.8 Å². The zero-order valence-corrected chi connectivity index (χ0v) is 18.5. The van der Waals surface area contributed by atoms with Crippen molar-refractivity contribution in [3.05, 3.63) is 94.0 Å². The molecule has 0 saturated carbocycles. The molecule has 0 N–H and O–H groups in total. The van der Waals surface area contributed by atoms with Crippen molar-refractivity contribution < 1.29 is 18.1 Å². The Kier molecular flexibility index (Phi) is 5.72. The summed E-state index contributed by atoms with van der Waals surface area (Å²) >= 11 is 1.18. The van der Waals surface area contributed by atoms with Crippen LogP contribution in [0.1, 0.15) is 15.9 Å². The number of anilines is 1. The third kappa shape index (κ3) is 4.51. The fraction of sp³-hybridized carbons (Fsp3) is 0.0909. The number of nitro benzene ring substituents is 1. The fourth-order valence-electron chi connectivity index (χ4n) is 3.14. The minimum absolute atomic E-state index is 0.159. The predicted octanol–water partition coefficient (Wildman–Crippen LogP) is 4.46. The van der Waals surface area contributed by atoms with Crippen molar-refractivity contribution in [2.45, 2.75) is 11.4 Å². The van der Waals surface area contributed by atoms with Crippen LogP contribution in [-0.4, -0.2) is 30.5 Å². The number of sulfone groups is 1. The number of benzene rings is 3. The van der Waals surface area contributed by atoms with Crippen LogP contribution >= 0.6 is 11.3 Å². The summed E-state index contributed by atoms with van der Waals surface area (Å²) in [5.74, 6) is -0.444. The second-order valence-electron chi connectivity index (χ2n) is 7.08. The normalized spacial score (nSPS) is 11.4. The zero-order chi connectivity index (χ0) is 22.9. The molecule has 0 aliphatic heterocycles. The molecule has 3 aromatic carbocycles. The van der Waals surface area contributed by atoms with Gasteiger partial charge in [-0.2, -0.15) is 0 Å². The first-order valence-corrected chi connectivity index (χ1v) is 12.1. The van der Waals surface area contributed by atoms with Gasteiger partial charge in [0.15, 0.2) is 15.0 Å². The van der Waals surface area contributed by atoms with E-state index in [1.807, 2.05) is 30.3 Å². The molecular weight excluding hydrogens is 450 g/mol. The van der Waals surface area contributed by atoms with Crippen molar-refractivity contribution in [3.63, 3.8) is 0 Å². The van der Waals surface area contributed by atoms with Gasteiger partial charge in [0.1, 0.15) is 0 Å². The van der Waals surface area contributed by atoms with Gasteiger partial charge >= 0.3 is 0 Å². The molecule has 0 radical (unpaired) electrons. The highest BCUT2D eigenvalue weighted by Gasteiger charge is 2.23. The van der Waals surface area contributed by atoms with E-state index in [2.05, 4.69) is 4.98 Å². The van der Waals surface area contributed by atoms with Crippen LogP contribution in [0.4, 0.5) is 10.8 Å². The van der Waals surface area contributed by atoms with Crippen LogP contribution in [0.5, 0.6) is 0 Å². The van der Waals surface area contributed by atoms with Crippen LogP contribution in [0.3, 0.4) is 0 Å². The number of thiazole rings is 1. The summed E-state index contributed by atoms with van der Waals surface area (Å²) in [6.07, 6.45) is 1.13. The van der Waals surface area contributed by atoms with E-state index in [1.165, 1.54) is 52.6 Å². The summed E-state index contributed by atoms with van der Waals surface area (Å²) in [6.45, 7) is 0.196. The number of carbonyl (C=O) groups excluding carboxylic acids is 1. The Morgan fingerprint density at radius 1 is 1.06 bits per heavy atom.